The third-order valence-corrected chi connectivity index (χ3v) is 6.78. The number of aromatic carboxylic acids is 1. The van der Waals surface area contributed by atoms with Gasteiger partial charge in [-0.1, -0.05) is 50.4 Å². The van der Waals surface area contributed by atoms with Crippen LogP contribution in [0.25, 0.3) is 0 Å². The molecule has 1 heterocycles. The maximum atomic E-state index is 13.1. The van der Waals surface area contributed by atoms with Gasteiger partial charge in [0.15, 0.2) is 5.17 Å². The Balaban J connectivity index is 1.77. The van der Waals surface area contributed by atoms with Crippen LogP contribution in [0.5, 0.6) is 5.75 Å². The van der Waals surface area contributed by atoms with Gasteiger partial charge < -0.3 is 15.2 Å². The van der Waals surface area contributed by atoms with Gasteiger partial charge in [0, 0.05) is 18.7 Å². The number of methoxy groups -OCH3 is 1. The van der Waals surface area contributed by atoms with E-state index in [1.165, 1.54) is 30.3 Å². The number of nitrogens with zero attached hydrogens (tertiary/aromatic N) is 2. The zero-order valence-corrected chi connectivity index (χ0v) is 20.8. The van der Waals surface area contributed by atoms with Crippen LogP contribution in [0.3, 0.4) is 0 Å². The molecule has 2 aromatic rings. The molecule has 0 spiro atoms. The van der Waals surface area contributed by atoms with Gasteiger partial charge >= 0.3 is 5.97 Å². The van der Waals surface area contributed by atoms with Crippen LogP contribution in [0.1, 0.15) is 55.8 Å². The van der Waals surface area contributed by atoms with Crippen LogP contribution in [0, 0.1) is 0 Å². The van der Waals surface area contributed by atoms with Gasteiger partial charge in [0.05, 0.1) is 18.4 Å². The lowest BCUT2D eigenvalue weighted by molar-refractivity contribution is -0.129. The number of carboxylic acid groups (broad SMARTS) is 1. The fourth-order valence-electron chi connectivity index (χ4n) is 3.65. The summed E-state index contributed by atoms with van der Waals surface area (Å²) in [7, 11) is 1.59. The van der Waals surface area contributed by atoms with Gasteiger partial charge in [-0.25, -0.2) is 9.79 Å². The largest absolute Gasteiger partial charge is 0.497 e. The fourth-order valence-corrected chi connectivity index (χ4v) is 4.78. The maximum Gasteiger partial charge on any atom is 0.335 e. The first-order valence-corrected chi connectivity index (χ1v) is 12.6. The van der Waals surface area contributed by atoms with E-state index in [4.69, 9.17) is 4.74 Å². The first-order valence-electron chi connectivity index (χ1n) is 11.7. The number of carbonyl (C=O) groups is 3. The molecule has 2 aromatic carbocycles. The number of amides is 2. The van der Waals surface area contributed by atoms with Gasteiger partial charge in [0.2, 0.25) is 11.8 Å². The number of carbonyl (C=O) groups excluding carboxylic acids is 2. The number of hydrogen-bond donors (Lipinski definition) is 2. The Morgan fingerprint density at radius 3 is 2.57 bits per heavy atom. The summed E-state index contributed by atoms with van der Waals surface area (Å²) < 4.78 is 5.20. The molecule has 0 aromatic heterocycles. The Morgan fingerprint density at radius 1 is 1.14 bits per heavy atom. The number of benzene rings is 2. The lowest BCUT2D eigenvalue weighted by Crippen LogP contribution is -2.45. The fraction of sp³-hybridized carbons (Fsp3) is 0.385. The van der Waals surface area contributed by atoms with Crippen LogP contribution in [0.15, 0.2) is 53.5 Å². The Hall–Kier alpha value is -3.33. The quantitative estimate of drug-likeness (QED) is 0.407. The van der Waals surface area contributed by atoms with Gasteiger partial charge in [-0.2, -0.15) is 0 Å². The van der Waals surface area contributed by atoms with E-state index in [2.05, 4.69) is 17.2 Å². The van der Waals surface area contributed by atoms with E-state index in [9.17, 15) is 19.5 Å². The minimum absolute atomic E-state index is 0.0473. The number of nitrogens with one attached hydrogen (secondary N) is 1. The average Bonchev–Trinajstić information content (AvgIpc) is 2.85. The minimum Gasteiger partial charge on any atom is -0.497 e. The summed E-state index contributed by atoms with van der Waals surface area (Å²) in [5.41, 5.74) is 1.11. The number of aliphatic imine (C=N–C) groups is 1. The van der Waals surface area contributed by atoms with E-state index in [1.807, 2.05) is 0 Å². The van der Waals surface area contributed by atoms with Crippen LogP contribution >= 0.6 is 11.8 Å². The molecule has 9 heteroatoms. The number of anilines is 1. The standard InChI is InChI=1S/C26H31N3O5S/c1-3-4-5-6-7-15-29-23(30)17-22(24(31)27-20-10-8-9-18(16-20)25(32)33)35-26(29)28-19-11-13-21(34-2)14-12-19/h8-14,16,22H,3-7,15,17H2,1-2H3,(H,27,31)(H,32,33). The second kappa shape index (κ2) is 12.9. The highest BCUT2D eigenvalue weighted by Gasteiger charge is 2.35. The molecule has 1 aliphatic heterocycles. The SMILES string of the molecule is CCCCCCCN1C(=O)CC(C(=O)Nc2cccc(C(=O)O)c2)SC1=Nc1ccc(OC)cc1. The van der Waals surface area contributed by atoms with Crippen molar-refractivity contribution in [3.05, 3.63) is 54.1 Å². The summed E-state index contributed by atoms with van der Waals surface area (Å²) >= 11 is 1.25. The summed E-state index contributed by atoms with van der Waals surface area (Å²) in [6.07, 6.45) is 5.38. The zero-order valence-electron chi connectivity index (χ0n) is 20.0. The smallest absolute Gasteiger partial charge is 0.335 e. The normalized spacial score (nSPS) is 16.9. The number of carboxylic acids is 1. The highest BCUT2D eigenvalue weighted by Crippen LogP contribution is 2.31. The Labute approximate surface area is 209 Å². The second-order valence-corrected chi connectivity index (χ2v) is 9.41. The third-order valence-electron chi connectivity index (χ3n) is 5.59. The molecule has 8 nitrogen and oxygen atoms in total. The monoisotopic (exact) mass is 497 g/mol. The zero-order chi connectivity index (χ0) is 25.2. The van der Waals surface area contributed by atoms with E-state index in [0.29, 0.717) is 28.8 Å². The molecule has 3 rings (SSSR count). The van der Waals surface area contributed by atoms with Crippen LogP contribution < -0.4 is 10.1 Å². The number of rotatable bonds is 11. The molecule has 1 unspecified atom stereocenters. The lowest BCUT2D eigenvalue weighted by atomic mass is 10.1. The molecule has 1 saturated heterocycles. The van der Waals surface area contributed by atoms with Crippen LogP contribution in [-0.4, -0.2) is 51.9 Å². The Morgan fingerprint density at radius 2 is 1.89 bits per heavy atom. The summed E-state index contributed by atoms with van der Waals surface area (Å²) in [4.78, 5) is 43.7. The maximum absolute atomic E-state index is 13.1. The molecule has 0 saturated carbocycles. The Kier molecular flexibility index (Phi) is 9.72. The summed E-state index contributed by atoms with van der Waals surface area (Å²) in [6, 6.07) is 13.2. The molecule has 35 heavy (non-hydrogen) atoms. The lowest BCUT2D eigenvalue weighted by Gasteiger charge is -2.32. The first-order chi connectivity index (χ1) is 16.9. The minimum atomic E-state index is -1.08. The van der Waals surface area contributed by atoms with Gasteiger partial charge in [-0.05, 0) is 48.9 Å². The van der Waals surface area contributed by atoms with Crippen molar-refractivity contribution in [1.29, 1.82) is 0 Å². The molecule has 0 radical (unpaired) electrons. The van der Waals surface area contributed by atoms with Crippen LogP contribution in [-0.2, 0) is 9.59 Å². The third kappa shape index (κ3) is 7.58. The summed E-state index contributed by atoms with van der Waals surface area (Å²) in [5.74, 6) is -0.886. The van der Waals surface area contributed by atoms with E-state index in [1.54, 1.807) is 48.4 Å². The highest BCUT2D eigenvalue weighted by molar-refractivity contribution is 8.15. The Bertz CT molecular complexity index is 1070. The predicted molar refractivity (Wildman–Crippen MR) is 139 cm³/mol. The number of amidine groups is 1. The topological polar surface area (TPSA) is 108 Å². The van der Waals surface area contributed by atoms with Crippen molar-refractivity contribution in [3.63, 3.8) is 0 Å². The van der Waals surface area contributed by atoms with Crippen molar-refractivity contribution in [1.82, 2.24) is 4.90 Å². The molecule has 2 N–H and O–H groups in total. The van der Waals surface area contributed by atoms with Gasteiger partial charge in [0.25, 0.3) is 0 Å². The molecular weight excluding hydrogens is 466 g/mol. The van der Waals surface area contributed by atoms with Crippen molar-refractivity contribution >= 4 is 46.1 Å². The van der Waals surface area contributed by atoms with Gasteiger partial charge in [-0.15, -0.1) is 0 Å². The van der Waals surface area contributed by atoms with Crippen LogP contribution in [0.2, 0.25) is 0 Å². The second-order valence-electron chi connectivity index (χ2n) is 8.24. The molecule has 0 aliphatic carbocycles. The van der Waals surface area contributed by atoms with Crippen molar-refractivity contribution in [3.8, 4) is 5.75 Å². The average molecular weight is 498 g/mol. The first kappa shape index (κ1) is 26.3. The van der Waals surface area contributed by atoms with Gasteiger partial charge in [-0.3, -0.25) is 14.5 Å². The summed E-state index contributed by atoms with van der Waals surface area (Å²) in [6.45, 7) is 2.72. The van der Waals surface area contributed by atoms with E-state index in [-0.39, 0.29) is 23.8 Å². The number of unbranched alkanes of at least 4 members (excludes halogenated alkanes) is 4. The summed E-state index contributed by atoms with van der Waals surface area (Å²) in [5, 5.41) is 11.7. The van der Waals surface area contributed by atoms with E-state index >= 15 is 0 Å². The van der Waals surface area contributed by atoms with Crippen molar-refractivity contribution in [2.24, 2.45) is 4.99 Å². The van der Waals surface area contributed by atoms with E-state index in [0.717, 1.165) is 25.7 Å². The highest BCUT2D eigenvalue weighted by atomic mass is 32.2. The number of hydrogen-bond acceptors (Lipinski definition) is 6. The number of ether oxygens (including phenoxy) is 1. The van der Waals surface area contributed by atoms with E-state index < -0.39 is 11.2 Å². The molecular formula is C26H31N3O5S. The molecule has 186 valence electrons. The molecule has 2 amide bonds. The molecule has 1 aliphatic rings. The van der Waals surface area contributed by atoms with Gasteiger partial charge in [0.1, 0.15) is 11.0 Å². The molecule has 0 bridgehead atoms. The number of thioether (sulfide) groups is 1. The predicted octanol–water partition coefficient (Wildman–Crippen LogP) is 5.32. The molecule has 1 atom stereocenters. The van der Waals surface area contributed by atoms with Crippen molar-refractivity contribution < 1.29 is 24.2 Å². The van der Waals surface area contributed by atoms with Crippen molar-refractivity contribution in [2.75, 3.05) is 19.0 Å². The molecule has 1 fully saturated rings. The van der Waals surface area contributed by atoms with Crippen molar-refractivity contribution in [2.45, 2.75) is 50.7 Å². The van der Waals surface area contributed by atoms with Crippen LogP contribution in [0.4, 0.5) is 11.4 Å².